The van der Waals surface area contributed by atoms with Gasteiger partial charge in [0.05, 0.1) is 5.75 Å². The van der Waals surface area contributed by atoms with Gasteiger partial charge in [-0.25, -0.2) is 9.67 Å². The molecule has 0 aliphatic rings. The average molecular weight is 298 g/mol. The van der Waals surface area contributed by atoms with E-state index in [1.54, 1.807) is 11.7 Å². The minimum Gasteiger partial charge on any atom is -0.481 e. The molecule has 0 saturated heterocycles. The molecule has 0 saturated carbocycles. The fourth-order valence-corrected chi connectivity index (χ4v) is 2.41. The number of aryl methyl sites for hydroxylation is 1. The van der Waals surface area contributed by atoms with Crippen molar-refractivity contribution in [2.75, 3.05) is 5.75 Å². The number of carbonyl (C=O) groups is 1. The number of nitrogens with zero attached hydrogens (tertiary/aromatic N) is 3. The number of carboxylic acid groups (broad SMARTS) is 1. The Morgan fingerprint density at radius 3 is 2.89 bits per heavy atom. The molecule has 0 atom stereocenters. The fraction of sp³-hybridized carbons (Fsp3) is 0.250. The molecule has 19 heavy (non-hydrogen) atoms. The van der Waals surface area contributed by atoms with E-state index in [1.807, 2.05) is 24.3 Å². The Kier molecular flexibility index (Phi) is 4.44. The van der Waals surface area contributed by atoms with Gasteiger partial charge in [0, 0.05) is 18.5 Å². The summed E-state index contributed by atoms with van der Waals surface area (Å²) in [7, 11) is 1.74. The molecular weight excluding hydrogens is 286 g/mol. The van der Waals surface area contributed by atoms with Crippen LogP contribution in [-0.2, 0) is 18.3 Å². The number of thioether (sulfide) groups is 1. The summed E-state index contributed by atoms with van der Waals surface area (Å²) in [5, 5.41) is 14.2. The van der Waals surface area contributed by atoms with Crippen LogP contribution in [0.3, 0.4) is 0 Å². The summed E-state index contributed by atoms with van der Waals surface area (Å²) in [5.41, 5.74) is 0.949. The lowest BCUT2D eigenvalue weighted by Gasteiger charge is -1.99. The number of hydrogen-bond acceptors (Lipinski definition) is 4. The second kappa shape index (κ2) is 6.08. The van der Waals surface area contributed by atoms with E-state index >= 15 is 0 Å². The van der Waals surface area contributed by atoms with E-state index in [9.17, 15) is 4.79 Å². The van der Waals surface area contributed by atoms with Gasteiger partial charge in [0.1, 0.15) is 0 Å². The Bertz CT molecular complexity index is 600. The van der Waals surface area contributed by atoms with Crippen LogP contribution in [0.15, 0.2) is 29.4 Å². The van der Waals surface area contributed by atoms with Crippen LogP contribution in [0.25, 0.3) is 0 Å². The SMILES string of the molecule is Cn1nc(Cc2ccccc2Cl)nc1SCC(=O)O. The molecule has 2 aromatic rings. The van der Waals surface area contributed by atoms with Gasteiger partial charge in [0.15, 0.2) is 11.0 Å². The monoisotopic (exact) mass is 297 g/mol. The van der Waals surface area contributed by atoms with Crippen LogP contribution in [0.4, 0.5) is 0 Å². The number of hydrogen-bond donors (Lipinski definition) is 1. The van der Waals surface area contributed by atoms with E-state index in [-0.39, 0.29) is 5.75 Å². The van der Waals surface area contributed by atoms with Crippen LogP contribution in [0.5, 0.6) is 0 Å². The van der Waals surface area contributed by atoms with Crippen molar-refractivity contribution in [2.45, 2.75) is 11.6 Å². The molecule has 5 nitrogen and oxygen atoms in total. The van der Waals surface area contributed by atoms with E-state index in [1.165, 1.54) is 0 Å². The summed E-state index contributed by atoms with van der Waals surface area (Å²) in [6.07, 6.45) is 0.529. The molecule has 0 amide bonds. The summed E-state index contributed by atoms with van der Waals surface area (Å²) in [5.74, 6) is -0.276. The van der Waals surface area contributed by atoms with Crippen molar-refractivity contribution in [3.05, 3.63) is 40.7 Å². The first-order chi connectivity index (χ1) is 9.06. The molecule has 1 aromatic carbocycles. The third-order valence-corrected chi connectivity index (χ3v) is 3.77. The van der Waals surface area contributed by atoms with Crippen molar-refractivity contribution in [2.24, 2.45) is 7.05 Å². The molecule has 100 valence electrons. The maximum atomic E-state index is 10.5. The first-order valence-corrected chi connectivity index (χ1v) is 6.90. The summed E-state index contributed by atoms with van der Waals surface area (Å²) >= 11 is 7.23. The van der Waals surface area contributed by atoms with Gasteiger partial charge in [-0.1, -0.05) is 41.6 Å². The third kappa shape index (κ3) is 3.71. The first-order valence-electron chi connectivity index (χ1n) is 5.54. The van der Waals surface area contributed by atoms with Gasteiger partial charge in [-0.05, 0) is 11.6 Å². The molecule has 0 bridgehead atoms. The van der Waals surface area contributed by atoms with Crippen molar-refractivity contribution in [1.29, 1.82) is 0 Å². The molecule has 7 heteroatoms. The predicted octanol–water partition coefficient (Wildman–Crippen LogP) is 2.24. The largest absolute Gasteiger partial charge is 0.481 e. The van der Waals surface area contributed by atoms with Crippen LogP contribution in [0.1, 0.15) is 11.4 Å². The van der Waals surface area contributed by atoms with E-state index in [4.69, 9.17) is 16.7 Å². The lowest BCUT2D eigenvalue weighted by molar-refractivity contribution is -0.133. The molecule has 1 N–H and O–H groups in total. The fourth-order valence-electron chi connectivity index (χ4n) is 1.56. The first kappa shape index (κ1) is 13.9. The Morgan fingerprint density at radius 2 is 2.21 bits per heavy atom. The normalized spacial score (nSPS) is 10.6. The summed E-state index contributed by atoms with van der Waals surface area (Å²) < 4.78 is 1.58. The molecule has 0 unspecified atom stereocenters. The number of aromatic nitrogens is 3. The molecule has 0 aliphatic heterocycles. The quantitative estimate of drug-likeness (QED) is 0.857. The van der Waals surface area contributed by atoms with E-state index < -0.39 is 5.97 Å². The molecule has 0 radical (unpaired) electrons. The van der Waals surface area contributed by atoms with Gasteiger partial charge < -0.3 is 5.11 Å². The Balaban J connectivity index is 2.12. The van der Waals surface area contributed by atoms with Gasteiger partial charge in [-0.3, -0.25) is 4.79 Å². The smallest absolute Gasteiger partial charge is 0.313 e. The van der Waals surface area contributed by atoms with Crippen LogP contribution >= 0.6 is 23.4 Å². The standard InChI is InChI=1S/C12H12ClN3O2S/c1-16-12(19-7-11(17)18)14-10(15-16)6-8-4-2-3-5-9(8)13/h2-5H,6-7H2,1H3,(H,17,18). The number of aliphatic carboxylic acids is 1. The van der Waals surface area contributed by atoms with Crippen molar-refractivity contribution in [1.82, 2.24) is 14.8 Å². The van der Waals surface area contributed by atoms with Gasteiger partial charge >= 0.3 is 5.97 Å². The maximum Gasteiger partial charge on any atom is 0.313 e. The highest BCUT2D eigenvalue weighted by Crippen LogP contribution is 2.20. The Hall–Kier alpha value is -1.53. The van der Waals surface area contributed by atoms with Crippen LogP contribution < -0.4 is 0 Å². The van der Waals surface area contributed by atoms with Gasteiger partial charge in [-0.2, -0.15) is 5.10 Å². The van der Waals surface area contributed by atoms with Crippen molar-refractivity contribution >= 4 is 29.3 Å². The molecule has 1 heterocycles. The molecule has 0 spiro atoms. The molecule has 2 rings (SSSR count). The van der Waals surface area contributed by atoms with Crippen LogP contribution in [-0.4, -0.2) is 31.6 Å². The van der Waals surface area contributed by atoms with Crippen molar-refractivity contribution in [3.8, 4) is 0 Å². The predicted molar refractivity (Wildman–Crippen MR) is 73.6 cm³/mol. The molecular formula is C12H12ClN3O2S. The third-order valence-electron chi connectivity index (χ3n) is 2.40. The zero-order valence-corrected chi connectivity index (χ0v) is 11.8. The number of rotatable bonds is 5. The Morgan fingerprint density at radius 1 is 1.47 bits per heavy atom. The minimum atomic E-state index is -0.874. The zero-order chi connectivity index (χ0) is 13.8. The van der Waals surface area contributed by atoms with E-state index in [0.717, 1.165) is 17.3 Å². The van der Waals surface area contributed by atoms with Crippen LogP contribution in [0.2, 0.25) is 5.02 Å². The van der Waals surface area contributed by atoms with E-state index in [0.29, 0.717) is 22.4 Å². The highest BCUT2D eigenvalue weighted by atomic mass is 35.5. The highest BCUT2D eigenvalue weighted by molar-refractivity contribution is 7.99. The lowest BCUT2D eigenvalue weighted by Crippen LogP contribution is -2.00. The van der Waals surface area contributed by atoms with Gasteiger partial charge in [-0.15, -0.1) is 0 Å². The highest BCUT2D eigenvalue weighted by Gasteiger charge is 2.11. The minimum absolute atomic E-state index is 0.0297. The molecule has 1 aromatic heterocycles. The summed E-state index contributed by atoms with van der Waals surface area (Å²) in [6.45, 7) is 0. The maximum absolute atomic E-state index is 10.5. The molecule has 0 fully saturated rings. The average Bonchev–Trinajstić information content (AvgIpc) is 2.70. The van der Waals surface area contributed by atoms with Gasteiger partial charge in [0.2, 0.25) is 0 Å². The summed E-state index contributed by atoms with van der Waals surface area (Å²) in [4.78, 5) is 14.8. The second-order valence-corrected chi connectivity index (χ2v) is 5.23. The zero-order valence-electron chi connectivity index (χ0n) is 10.2. The number of halogens is 1. The van der Waals surface area contributed by atoms with Crippen molar-refractivity contribution < 1.29 is 9.90 Å². The second-order valence-electron chi connectivity index (χ2n) is 3.88. The van der Waals surface area contributed by atoms with Gasteiger partial charge in [0.25, 0.3) is 0 Å². The lowest BCUT2D eigenvalue weighted by atomic mass is 10.1. The number of benzene rings is 1. The van der Waals surface area contributed by atoms with E-state index in [2.05, 4.69) is 10.1 Å². The van der Waals surface area contributed by atoms with Crippen molar-refractivity contribution in [3.63, 3.8) is 0 Å². The topological polar surface area (TPSA) is 68.0 Å². The van der Waals surface area contributed by atoms with Crippen LogP contribution in [0, 0.1) is 0 Å². The summed E-state index contributed by atoms with van der Waals surface area (Å²) in [6, 6.07) is 7.51. The molecule has 0 aliphatic carbocycles. The Labute approximate surface area is 119 Å². The number of carboxylic acids is 1.